The van der Waals surface area contributed by atoms with Gasteiger partial charge in [0, 0.05) is 12.6 Å². The second-order valence-electron chi connectivity index (χ2n) is 5.71. The van der Waals surface area contributed by atoms with Crippen LogP contribution in [-0.4, -0.2) is 6.54 Å². The van der Waals surface area contributed by atoms with Gasteiger partial charge in [0.2, 0.25) is 0 Å². The first-order chi connectivity index (χ1) is 9.06. The van der Waals surface area contributed by atoms with Gasteiger partial charge in [-0.3, -0.25) is 0 Å². The Bertz CT molecular complexity index is 436. The summed E-state index contributed by atoms with van der Waals surface area (Å²) in [5.41, 5.74) is 7.16. The van der Waals surface area contributed by atoms with Gasteiger partial charge in [-0.05, 0) is 46.7 Å². The molecule has 0 spiro atoms. The van der Waals surface area contributed by atoms with Crippen molar-refractivity contribution in [1.29, 1.82) is 0 Å². The Kier molecular flexibility index (Phi) is 5.08. The summed E-state index contributed by atoms with van der Waals surface area (Å²) < 4.78 is 13.9. The number of hydrogen-bond acceptors (Lipinski definition) is 2. The van der Waals surface area contributed by atoms with Crippen molar-refractivity contribution in [2.24, 2.45) is 11.8 Å². The van der Waals surface area contributed by atoms with E-state index in [9.17, 15) is 4.39 Å². The number of nitrogen functional groups attached to an aromatic ring is 1. The SMILES string of the molecule is CC1CCCC(CCNc2cc(F)c(Br)cc2N)C1. The van der Waals surface area contributed by atoms with Crippen LogP contribution in [0.1, 0.15) is 39.0 Å². The molecule has 0 heterocycles. The van der Waals surface area contributed by atoms with Gasteiger partial charge in [-0.2, -0.15) is 0 Å². The summed E-state index contributed by atoms with van der Waals surface area (Å²) in [5, 5.41) is 3.26. The highest BCUT2D eigenvalue weighted by Crippen LogP contribution is 2.31. The summed E-state index contributed by atoms with van der Waals surface area (Å²) in [6, 6.07) is 3.07. The average molecular weight is 329 g/mol. The fourth-order valence-corrected chi connectivity index (χ4v) is 3.31. The highest BCUT2D eigenvalue weighted by atomic mass is 79.9. The summed E-state index contributed by atoms with van der Waals surface area (Å²) in [6.45, 7) is 3.20. The quantitative estimate of drug-likeness (QED) is 0.779. The summed E-state index contributed by atoms with van der Waals surface area (Å²) in [6.07, 6.45) is 6.51. The molecule has 0 aliphatic heterocycles. The van der Waals surface area contributed by atoms with Crippen molar-refractivity contribution in [2.45, 2.75) is 39.0 Å². The molecule has 0 radical (unpaired) electrons. The molecule has 0 bridgehead atoms. The third kappa shape index (κ3) is 4.10. The summed E-state index contributed by atoms with van der Waals surface area (Å²) in [4.78, 5) is 0. The van der Waals surface area contributed by atoms with E-state index >= 15 is 0 Å². The van der Waals surface area contributed by atoms with E-state index < -0.39 is 0 Å². The number of hydrogen-bond donors (Lipinski definition) is 2. The van der Waals surface area contributed by atoms with E-state index in [2.05, 4.69) is 28.2 Å². The number of halogens is 2. The maximum Gasteiger partial charge on any atom is 0.139 e. The van der Waals surface area contributed by atoms with Crippen LogP contribution in [0.2, 0.25) is 0 Å². The van der Waals surface area contributed by atoms with E-state index in [0.717, 1.165) is 24.8 Å². The van der Waals surface area contributed by atoms with Crippen molar-refractivity contribution >= 4 is 27.3 Å². The van der Waals surface area contributed by atoms with E-state index in [-0.39, 0.29) is 5.82 Å². The molecule has 1 aromatic carbocycles. The fraction of sp³-hybridized carbons (Fsp3) is 0.600. The Morgan fingerprint density at radius 1 is 1.42 bits per heavy atom. The normalized spacial score (nSPS) is 23.3. The number of rotatable bonds is 4. The van der Waals surface area contributed by atoms with Crippen molar-refractivity contribution in [1.82, 2.24) is 0 Å². The molecule has 106 valence electrons. The summed E-state index contributed by atoms with van der Waals surface area (Å²) in [5.74, 6) is 1.38. The van der Waals surface area contributed by atoms with Crippen molar-refractivity contribution in [3.63, 3.8) is 0 Å². The van der Waals surface area contributed by atoms with Crippen LogP contribution >= 0.6 is 15.9 Å². The molecule has 1 fully saturated rings. The smallest absolute Gasteiger partial charge is 0.139 e. The zero-order chi connectivity index (χ0) is 13.8. The van der Waals surface area contributed by atoms with Gasteiger partial charge in [-0.25, -0.2) is 4.39 Å². The average Bonchev–Trinajstić information content (AvgIpc) is 2.35. The van der Waals surface area contributed by atoms with Crippen LogP contribution in [0.5, 0.6) is 0 Å². The maximum atomic E-state index is 13.4. The fourth-order valence-electron chi connectivity index (χ4n) is 2.95. The van der Waals surface area contributed by atoms with Crippen molar-refractivity contribution < 1.29 is 4.39 Å². The third-order valence-electron chi connectivity index (χ3n) is 4.01. The lowest BCUT2D eigenvalue weighted by atomic mass is 9.81. The minimum atomic E-state index is -0.275. The summed E-state index contributed by atoms with van der Waals surface area (Å²) in [7, 11) is 0. The zero-order valence-corrected chi connectivity index (χ0v) is 13.0. The molecule has 2 rings (SSSR count). The van der Waals surface area contributed by atoms with Crippen LogP contribution in [0.25, 0.3) is 0 Å². The van der Waals surface area contributed by atoms with Crippen LogP contribution < -0.4 is 11.1 Å². The molecule has 1 aliphatic rings. The second kappa shape index (κ2) is 6.60. The van der Waals surface area contributed by atoms with Gasteiger partial charge in [0.25, 0.3) is 0 Å². The first kappa shape index (κ1) is 14.6. The van der Waals surface area contributed by atoms with Crippen LogP contribution in [0.3, 0.4) is 0 Å². The highest BCUT2D eigenvalue weighted by Gasteiger charge is 2.18. The molecule has 1 saturated carbocycles. The monoisotopic (exact) mass is 328 g/mol. The Morgan fingerprint density at radius 2 is 2.21 bits per heavy atom. The zero-order valence-electron chi connectivity index (χ0n) is 11.4. The lowest BCUT2D eigenvalue weighted by Gasteiger charge is -2.26. The van der Waals surface area contributed by atoms with Crippen LogP contribution in [-0.2, 0) is 0 Å². The Hall–Kier alpha value is -0.770. The largest absolute Gasteiger partial charge is 0.397 e. The number of anilines is 2. The molecule has 4 heteroatoms. The molecular formula is C15H22BrFN2. The molecule has 0 aromatic heterocycles. The van der Waals surface area contributed by atoms with E-state index in [1.807, 2.05) is 0 Å². The maximum absolute atomic E-state index is 13.4. The lowest BCUT2D eigenvalue weighted by molar-refractivity contribution is 0.274. The Morgan fingerprint density at radius 3 is 2.95 bits per heavy atom. The molecule has 2 unspecified atom stereocenters. The van der Waals surface area contributed by atoms with Gasteiger partial charge in [-0.15, -0.1) is 0 Å². The molecule has 0 amide bonds. The van der Waals surface area contributed by atoms with Gasteiger partial charge in [-0.1, -0.05) is 26.2 Å². The minimum absolute atomic E-state index is 0.275. The predicted molar refractivity (Wildman–Crippen MR) is 82.7 cm³/mol. The topological polar surface area (TPSA) is 38.0 Å². The predicted octanol–water partition coefficient (Wildman–Crippen LogP) is 4.80. The van der Waals surface area contributed by atoms with Gasteiger partial charge in [0.1, 0.15) is 5.82 Å². The van der Waals surface area contributed by atoms with E-state index in [1.54, 1.807) is 6.07 Å². The van der Waals surface area contributed by atoms with E-state index in [0.29, 0.717) is 15.8 Å². The van der Waals surface area contributed by atoms with Gasteiger partial charge >= 0.3 is 0 Å². The molecule has 3 N–H and O–H groups in total. The van der Waals surface area contributed by atoms with Crippen molar-refractivity contribution in [2.75, 3.05) is 17.6 Å². The molecule has 2 nitrogen and oxygen atoms in total. The highest BCUT2D eigenvalue weighted by molar-refractivity contribution is 9.10. The standard InChI is InChI=1S/C15H22BrFN2/c1-10-3-2-4-11(7-10)5-6-19-15-9-13(17)12(16)8-14(15)18/h8-11,19H,2-7,18H2,1H3. The molecule has 1 aromatic rings. The van der Waals surface area contributed by atoms with Crippen LogP contribution in [0, 0.1) is 17.7 Å². The van der Waals surface area contributed by atoms with Gasteiger partial charge in [0.05, 0.1) is 15.8 Å². The van der Waals surface area contributed by atoms with Crippen LogP contribution in [0.15, 0.2) is 16.6 Å². The number of nitrogens with one attached hydrogen (secondary N) is 1. The number of nitrogens with two attached hydrogens (primary N) is 1. The van der Waals surface area contributed by atoms with E-state index in [4.69, 9.17) is 5.73 Å². The van der Waals surface area contributed by atoms with Crippen molar-refractivity contribution in [3.8, 4) is 0 Å². The molecule has 19 heavy (non-hydrogen) atoms. The summed E-state index contributed by atoms with van der Waals surface area (Å²) >= 11 is 3.13. The van der Waals surface area contributed by atoms with Gasteiger partial charge < -0.3 is 11.1 Å². The number of benzene rings is 1. The third-order valence-corrected chi connectivity index (χ3v) is 4.61. The Labute approximate surface area is 123 Å². The minimum Gasteiger partial charge on any atom is -0.397 e. The molecule has 2 atom stereocenters. The van der Waals surface area contributed by atoms with Gasteiger partial charge in [0.15, 0.2) is 0 Å². The first-order valence-corrected chi connectivity index (χ1v) is 7.84. The lowest BCUT2D eigenvalue weighted by Crippen LogP contribution is -2.17. The van der Waals surface area contributed by atoms with Crippen molar-refractivity contribution in [3.05, 3.63) is 22.4 Å². The Balaban J connectivity index is 1.84. The second-order valence-corrected chi connectivity index (χ2v) is 6.56. The first-order valence-electron chi connectivity index (χ1n) is 7.04. The van der Waals surface area contributed by atoms with Crippen LogP contribution in [0.4, 0.5) is 15.8 Å². The molecular weight excluding hydrogens is 307 g/mol. The molecule has 1 aliphatic carbocycles. The molecule has 0 saturated heterocycles. The van der Waals surface area contributed by atoms with E-state index in [1.165, 1.54) is 31.7 Å².